The Kier molecular flexibility index (Phi) is 3.05. The first-order chi connectivity index (χ1) is 11.3. The maximum atomic E-state index is 8.95. The molecule has 0 saturated carbocycles. The van der Waals surface area contributed by atoms with Crippen molar-refractivity contribution in [2.24, 2.45) is 0 Å². The number of ether oxygens (including phenoxy) is 2. The molecule has 0 unspecified atom stereocenters. The summed E-state index contributed by atoms with van der Waals surface area (Å²) in [5, 5.41) is 8.95. The quantitative estimate of drug-likeness (QED) is 0.752. The van der Waals surface area contributed by atoms with Crippen LogP contribution in [0.4, 0.5) is 5.69 Å². The van der Waals surface area contributed by atoms with Gasteiger partial charge in [-0.3, -0.25) is 0 Å². The van der Waals surface area contributed by atoms with Gasteiger partial charge in [0, 0.05) is 29.9 Å². The molecule has 0 radical (unpaired) electrons. The lowest BCUT2D eigenvalue weighted by molar-refractivity contribution is 0.174. The van der Waals surface area contributed by atoms with E-state index in [4.69, 9.17) is 25.5 Å². The van der Waals surface area contributed by atoms with E-state index in [1.807, 2.05) is 41.0 Å². The second kappa shape index (κ2) is 5.21. The first-order valence-electron chi connectivity index (χ1n) is 7.29. The molecule has 3 aromatic rings. The predicted octanol–water partition coefficient (Wildman–Crippen LogP) is 2.93. The number of hydrogen-bond acceptors (Lipinski definition) is 5. The molecule has 0 saturated heterocycles. The van der Waals surface area contributed by atoms with E-state index in [0.29, 0.717) is 30.2 Å². The van der Waals surface area contributed by atoms with E-state index < -0.39 is 0 Å². The van der Waals surface area contributed by atoms with Gasteiger partial charge in [0.15, 0.2) is 11.5 Å². The van der Waals surface area contributed by atoms with Crippen LogP contribution in [0.15, 0.2) is 36.4 Å². The van der Waals surface area contributed by atoms with E-state index in [0.717, 1.165) is 22.4 Å². The number of aromatic nitrogens is 2. The fraction of sp³-hybridized carbons (Fsp3) is 0.176. The largest absolute Gasteiger partial charge is 0.454 e. The highest BCUT2D eigenvalue weighted by Gasteiger charge is 2.19. The monoisotopic (exact) mass is 306 g/mol. The number of imidazole rings is 1. The number of benzene rings is 2. The van der Waals surface area contributed by atoms with Gasteiger partial charge in [0.05, 0.1) is 23.5 Å². The molecule has 0 bridgehead atoms. The van der Waals surface area contributed by atoms with Crippen LogP contribution < -0.4 is 15.2 Å². The first kappa shape index (κ1) is 13.5. The molecule has 1 aliphatic heterocycles. The zero-order valence-electron chi connectivity index (χ0n) is 12.3. The summed E-state index contributed by atoms with van der Waals surface area (Å²) in [6, 6.07) is 13.5. The van der Waals surface area contributed by atoms with E-state index in [9.17, 15) is 0 Å². The Morgan fingerprint density at radius 2 is 2.04 bits per heavy atom. The minimum absolute atomic E-state index is 0.224. The third kappa shape index (κ3) is 2.23. The summed E-state index contributed by atoms with van der Waals surface area (Å²) in [6.07, 6.45) is 0.398. The molecule has 6 nitrogen and oxygen atoms in total. The smallest absolute Gasteiger partial charge is 0.231 e. The lowest BCUT2D eigenvalue weighted by atomic mass is 10.2. The predicted molar refractivity (Wildman–Crippen MR) is 85.9 cm³/mol. The van der Waals surface area contributed by atoms with Crippen LogP contribution in [0.1, 0.15) is 6.42 Å². The van der Waals surface area contributed by atoms with Crippen LogP contribution in [0.2, 0.25) is 0 Å². The van der Waals surface area contributed by atoms with Crippen molar-refractivity contribution in [1.82, 2.24) is 9.55 Å². The van der Waals surface area contributed by atoms with Crippen molar-refractivity contribution >= 4 is 16.7 Å². The first-order valence-corrected chi connectivity index (χ1v) is 7.29. The fourth-order valence-electron chi connectivity index (χ4n) is 2.80. The van der Waals surface area contributed by atoms with Crippen LogP contribution in [0, 0.1) is 11.3 Å². The molecule has 0 fully saturated rings. The summed E-state index contributed by atoms with van der Waals surface area (Å²) in [4.78, 5) is 4.72. The van der Waals surface area contributed by atoms with Crippen LogP contribution >= 0.6 is 0 Å². The molecule has 1 aliphatic rings. The van der Waals surface area contributed by atoms with Crippen molar-refractivity contribution < 1.29 is 9.47 Å². The second-order valence-electron chi connectivity index (χ2n) is 5.31. The molecule has 2 heterocycles. The van der Waals surface area contributed by atoms with Gasteiger partial charge in [0.1, 0.15) is 5.82 Å². The van der Waals surface area contributed by atoms with Crippen molar-refractivity contribution in [2.75, 3.05) is 12.5 Å². The summed E-state index contributed by atoms with van der Waals surface area (Å²) in [6.45, 7) is 0.777. The molecule has 2 aromatic carbocycles. The summed E-state index contributed by atoms with van der Waals surface area (Å²) < 4.78 is 12.9. The molecular weight excluding hydrogens is 292 g/mol. The minimum Gasteiger partial charge on any atom is -0.454 e. The number of aryl methyl sites for hydroxylation is 1. The van der Waals surface area contributed by atoms with Gasteiger partial charge in [-0.15, -0.1) is 0 Å². The highest BCUT2D eigenvalue weighted by Crippen LogP contribution is 2.37. The molecule has 2 N–H and O–H groups in total. The van der Waals surface area contributed by atoms with Crippen LogP contribution in [-0.4, -0.2) is 16.3 Å². The standard InChI is InChI=1S/C17H14N4O2/c18-5-2-6-21-14-9-16-15(22-10-23-16)8-13(14)20-17(21)11-3-1-4-12(19)7-11/h1,3-4,7-9H,2,6,10,19H2. The van der Waals surface area contributed by atoms with Crippen LogP contribution in [0.3, 0.4) is 0 Å². The maximum absolute atomic E-state index is 8.95. The number of nitrogen functional groups attached to an aromatic ring is 1. The number of nitrogens with zero attached hydrogens (tertiary/aromatic N) is 3. The van der Waals surface area contributed by atoms with Crippen molar-refractivity contribution in [3.63, 3.8) is 0 Å². The van der Waals surface area contributed by atoms with Crippen LogP contribution in [0.25, 0.3) is 22.4 Å². The Morgan fingerprint density at radius 3 is 2.83 bits per heavy atom. The maximum Gasteiger partial charge on any atom is 0.231 e. The topological polar surface area (TPSA) is 86.1 Å². The van der Waals surface area contributed by atoms with Gasteiger partial charge < -0.3 is 19.8 Å². The summed E-state index contributed by atoms with van der Waals surface area (Å²) in [5.41, 5.74) is 9.21. The average molecular weight is 306 g/mol. The lowest BCUT2D eigenvalue weighted by Crippen LogP contribution is -2.00. The highest BCUT2D eigenvalue weighted by molar-refractivity contribution is 5.84. The third-order valence-corrected chi connectivity index (χ3v) is 3.83. The van der Waals surface area contributed by atoms with Gasteiger partial charge in [-0.1, -0.05) is 12.1 Å². The zero-order valence-corrected chi connectivity index (χ0v) is 12.3. The number of hydrogen-bond donors (Lipinski definition) is 1. The van der Waals surface area contributed by atoms with Crippen molar-refractivity contribution in [2.45, 2.75) is 13.0 Å². The zero-order chi connectivity index (χ0) is 15.8. The normalized spacial score (nSPS) is 12.5. The fourth-order valence-corrected chi connectivity index (χ4v) is 2.80. The second-order valence-corrected chi connectivity index (χ2v) is 5.31. The molecule has 114 valence electrons. The number of fused-ring (bicyclic) bond motifs is 2. The van der Waals surface area contributed by atoms with Crippen molar-refractivity contribution in [3.05, 3.63) is 36.4 Å². The third-order valence-electron chi connectivity index (χ3n) is 3.83. The van der Waals surface area contributed by atoms with E-state index in [1.54, 1.807) is 0 Å². The average Bonchev–Trinajstić information content (AvgIpc) is 3.14. The van der Waals surface area contributed by atoms with Gasteiger partial charge in [0.2, 0.25) is 6.79 Å². The molecule has 1 aromatic heterocycles. The van der Waals surface area contributed by atoms with Crippen molar-refractivity contribution in [1.29, 1.82) is 5.26 Å². The summed E-state index contributed by atoms with van der Waals surface area (Å²) >= 11 is 0. The number of rotatable bonds is 3. The molecule has 6 heteroatoms. The van der Waals surface area contributed by atoms with E-state index in [2.05, 4.69) is 6.07 Å². The summed E-state index contributed by atoms with van der Waals surface area (Å²) in [7, 11) is 0. The van der Waals surface area contributed by atoms with E-state index in [1.165, 1.54) is 0 Å². The van der Waals surface area contributed by atoms with Gasteiger partial charge in [-0.2, -0.15) is 5.26 Å². The van der Waals surface area contributed by atoms with E-state index >= 15 is 0 Å². The Labute approximate surface area is 132 Å². The molecule has 23 heavy (non-hydrogen) atoms. The Hall–Kier alpha value is -3.20. The van der Waals surface area contributed by atoms with Gasteiger partial charge in [0.25, 0.3) is 0 Å². The van der Waals surface area contributed by atoms with Gasteiger partial charge in [-0.05, 0) is 12.1 Å². The minimum atomic E-state index is 0.224. The van der Waals surface area contributed by atoms with Crippen LogP contribution in [-0.2, 0) is 6.54 Å². The van der Waals surface area contributed by atoms with E-state index in [-0.39, 0.29) is 6.79 Å². The Bertz CT molecular complexity index is 940. The van der Waals surface area contributed by atoms with Crippen LogP contribution in [0.5, 0.6) is 11.5 Å². The molecule has 0 spiro atoms. The number of nitriles is 1. The Morgan fingerprint density at radius 1 is 1.22 bits per heavy atom. The lowest BCUT2D eigenvalue weighted by Gasteiger charge is -2.08. The van der Waals surface area contributed by atoms with Gasteiger partial charge in [-0.25, -0.2) is 4.98 Å². The molecule has 0 atom stereocenters. The SMILES string of the molecule is N#CCCn1c(-c2cccc(N)c2)nc2cc3c(cc21)OCO3. The summed E-state index contributed by atoms with van der Waals surface area (Å²) in [5.74, 6) is 2.18. The van der Waals surface area contributed by atoms with Crippen molar-refractivity contribution in [3.8, 4) is 29.0 Å². The van der Waals surface area contributed by atoms with Gasteiger partial charge >= 0.3 is 0 Å². The number of anilines is 1. The molecule has 0 aliphatic carbocycles. The molecule has 0 amide bonds. The highest BCUT2D eigenvalue weighted by atomic mass is 16.7. The Balaban J connectivity index is 1.94. The molecular formula is C17H14N4O2. The number of nitrogens with two attached hydrogens (primary N) is 1. The molecule has 4 rings (SSSR count).